The van der Waals surface area contributed by atoms with Gasteiger partial charge in [-0.25, -0.2) is 0 Å². The molecule has 0 aromatic rings. The molecule has 0 radical (unpaired) electrons. The van der Waals surface area contributed by atoms with Crippen molar-refractivity contribution < 1.29 is 14.3 Å². The van der Waals surface area contributed by atoms with Gasteiger partial charge in [-0.15, -0.1) is 0 Å². The first-order valence-corrected chi connectivity index (χ1v) is 4.97. The number of hydrogen-bond donors (Lipinski definition) is 3. The van der Waals surface area contributed by atoms with Gasteiger partial charge in [0, 0.05) is 5.92 Å². The van der Waals surface area contributed by atoms with Crippen LogP contribution in [0.25, 0.3) is 0 Å². The minimum Gasteiger partial charge on any atom is -0.376 e. The summed E-state index contributed by atoms with van der Waals surface area (Å²) in [5, 5.41) is 2.89. The van der Waals surface area contributed by atoms with E-state index in [9.17, 15) is 9.59 Å². The van der Waals surface area contributed by atoms with E-state index in [0.717, 1.165) is 0 Å². The number of hydrogen-bond acceptors (Lipinski definition) is 4. The Bertz CT molecular complexity index is 301. The Kier molecular flexibility index (Phi) is 2.40. The number of rotatable bonds is 3. The normalized spacial score (nSPS) is 29.7. The average Bonchev–Trinajstić information content (AvgIpc) is 2.43. The molecule has 84 valence electrons. The quantitative estimate of drug-likeness (QED) is 0.508. The Balaban J connectivity index is 1.93. The predicted molar refractivity (Wildman–Crippen MR) is 51.6 cm³/mol. The fourth-order valence-electron chi connectivity index (χ4n) is 2.13. The highest BCUT2D eigenvalue weighted by atomic mass is 16.5. The zero-order chi connectivity index (χ0) is 11.1. The van der Waals surface area contributed by atoms with Crippen molar-refractivity contribution in [2.24, 2.45) is 17.4 Å². The molecule has 2 aliphatic rings. The molecule has 2 saturated heterocycles. The third-order valence-electron chi connectivity index (χ3n) is 3.06. The molecule has 2 rings (SSSR count). The minimum absolute atomic E-state index is 0.0463. The van der Waals surface area contributed by atoms with E-state index in [1.807, 2.05) is 0 Å². The van der Waals surface area contributed by atoms with Crippen LogP contribution in [0.4, 0.5) is 0 Å². The van der Waals surface area contributed by atoms with Gasteiger partial charge in [0.15, 0.2) is 0 Å². The first kappa shape index (κ1) is 10.4. The second-order valence-corrected chi connectivity index (χ2v) is 4.41. The van der Waals surface area contributed by atoms with Gasteiger partial charge in [-0.3, -0.25) is 9.59 Å². The molecular formula is C9H15N3O3. The van der Waals surface area contributed by atoms with Gasteiger partial charge in [0.2, 0.25) is 11.8 Å². The van der Waals surface area contributed by atoms with Gasteiger partial charge >= 0.3 is 0 Å². The molecule has 0 bridgehead atoms. The van der Waals surface area contributed by atoms with Crippen LogP contribution in [0.1, 0.15) is 12.8 Å². The Morgan fingerprint density at radius 2 is 2.33 bits per heavy atom. The van der Waals surface area contributed by atoms with E-state index < -0.39 is 11.9 Å². The topological polar surface area (TPSA) is 107 Å². The number of carbonyl (C=O) groups excluding carboxylic acids is 2. The summed E-state index contributed by atoms with van der Waals surface area (Å²) < 4.78 is 5.07. The maximum Gasteiger partial charge on any atom is 0.234 e. The van der Waals surface area contributed by atoms with Crippen molar-refractivity contribution >= 4 is 11.8 Å². The molecule has 6 nitrogen and oxygen atoms in total. The summed E-state index contributed by atoms with van der Waals surface area (Å²) in [6, 6.07) is -0.739. The molecule has 1 spiro atoms. The monoisotopic (exact) mass is 213 g/mol. The number of carbonyl (C=O) groups is 2. The maximum atomic E-state index is 11.6. The number of ether oxygens (including phenoxy) is 1. The van der Waals surface area contributed by atoms with Crippen LogP contribution in [0.2, 0.25) is 0 Å². The fraction of sp³-hybridized carbons (Fsp3) is 0.778. The molecule has 15 heavy (non-hydrogen) atoms. The average molecular weight is 213 g/mol. The van der Waals surface area contributed by atoms with E-state index >= 15 is 0 Å². The third kappa shape index (κ3) is 1.82. The number of nitrogens with two attached hydrogens (primary N) is 2. The summed E-state index contributed by atoms with van der Waals surface area (Å²) in [6.45, 7) is 1.11. The molecule has 2 fully saturated rings. The van der Waals surface area contributed by atoms with Crippen LogP contribution in [0.15, 0.2) is 0 Å². The zero-order valence-corrected chi connectivity index (χ0v) is 8.36. The molecule has 0 saturated carbocycles. The van der Waals surface area contributed by atoms with Gasteiger partial charge in [-0.2, -0.15) is 0 Å². The summed E-state index contributed by atoms with van der Waals surface area (Å²) in [5.41, 5.74) is 10.4. The van der Waals surface area contributed by atoms with Crippen LogP contribution >= 0.6 is 0 Å². The lowest BCUT2D eigenvalue weighted by Crippen LogP contribution is -2.57. The Morgan fingerprint density at radius 1 is 1.67 bits per heavy atom. The highest BCUT2D eigenvalue weighted by Gasteiger charge is 2.49. The molecule has 0 aromatic heterocycles. The smallest absolute Gasteiger partial charge is 0.234 e. The number of primary amides is 1. The van der Waals surface area contributed by atoms with E-state index in [2.05, 4.69) is 5.32 Å². The number of nitrogens with one attached hydrogen (secondary N) is 1. The predicted octanol–water partition coefficient (Wildman–Crippen LogP) is -1.91. The minimum atomic E-state index is -0.739. The van der Waals surface area contributed by atoms with E-state index in [4.69, 9.17) is 16.2 Å². The molecule has 2 aliphatic heterocycles. The Morgan fingerprint density at radius 3 is 2.73 bits per heavy atom. The largest absolute Gasteiger partial charge is 0.376 e. The van der Waals surface area contributed by atoms with E-state index in [0.29, 0.717) is 26.1 Å². The van der Waals surface area contributed by atoms with Crippen molar-refractivity contribution in [1.29, 1.82) is 0 Å². The molecule has 6 heteroatoms. The standard InChI is InChI=1S/C9H15N3O3/c10-6(7(11)13)1-5-2-9(3-15-4-9)12-8(5)14/h5-6H,1-4,10H2,(H2,11,13)(H,12,14)/t5?,6-/m0/s1. The maximum absolute atomic E-state index is 11.6. The Labute approximate surface area is 87.3 Å². The van der Waals surface area contributed by atoms with Crippen LogP contribution in [-0.4, -0.2) is 36.6 Å². The van der Waals surface area contributed by atoms with Gasteiger partial charge in [0.25, 0.3) is 0 Å². The SMILES string of the molecule is NC(=O)[C@@H](N)CC1CC2(COC2)NC1=O. The summed E-state index contributed by atoms with van der Waals surface area (Å²) >= 11 is 0. The number of amides is 2. The lowest BCUT2D eigenvalue weighted by atomic mass is 9.88. The second-order valence-electron chi connectivity index (χ2n) is 4.41. The van der Waals surface area contributed by atoms with E-state index in [1.165, 1.54) is 0 Å². The highest BCUT2D eigenvalue weighted by Crippen LogP contribution is 2.33. The van der Waals surface area contributed by atoms with Gasteiger partial charge in [-0.05, 0) is 12.8 Å². The molecule has 2 atom stereocenters. The summed E-state index contributed by atoms with van der Waals surface area (Å²) in [6.07, 6.45) is 1.01. The molecule has 0 aliphatic carbocycles. The van der Waals surface area contributed by atoms with Crippen LogP contribution < -0.4 is 16.8 Å². The summed E-state index contributed by atoms with van der Waals surface area (Å²) in [4.78, 5) is 22.3. The second kappa shape index (κ2) is 3.46. The van der Waals surface area contributed by atoms with Crippen molar-refractivity contribution in [3.05, 3.63) is 0 Å². The zero-order valence-electron chi connectivity index (χ0n) is 8.36. The van der Waals surface area contributed by atoms with Gasteiger partial charge in [0.05, 0.1) is 24.8 Å². The van der Waals surface area contributed by atoms with Gasteiger partial charge < -0.3 is 21.5 Å². The molecule has 2 heterocycles. The van der Waals surface area contributed by atoms with Crippen molar-refractivity contribution in [2.75, 3.05) is 13.2 Å². The molecule has 0 aromatic carbocycles. The highest BCUT2D eigenvalue weighted by molar-refractivity contribution is 5.85. The summed E-state index contributed by atoms with van der Waals surface area (Å²) in [5.74, 6) is -0.819. The molecule has 2 amide bonds. The first-order valence-electron chi connectivity index (χ1n) is 4.97. The van der Waals surface area contributed by atoms with Crippen LogP contribution in [0.5, 0.6) is 0 Å². The van der Waals surface area contributed by atoms with Gasteiger partial charge in [0.1, 0.15) is 0 Å². The fourth-order valence-corrected chi connectivity index (χ4v) is 2.13. The van der Waals surface area contributed by atoms with E-state index in [-0.39, 0.29) is 17.4 Å². The van der Waals surface area contributed by atoms with Crippen LogP contribution in [0, 0.1) is 5.92 Å². The molecule has 1 unspecified atom stereocenters. The van der Waals surface area contributed by atoms with Crippen LogP contribution in [0.3, 0.4) is 0 Å². The first-order chi connectivity index (χ1) is 7.02. The van der Waals surface area contributed by atoms with Gasteiger partial charge in [-0.1, -0.05) is 0 Å². The summed E-state index contributed by atoms with van der Waals surface area (Å²) in [7, 11) is 0. The van der Waals surface area contributed by atoms with Crippen LogP contribution in [-0.2, 0) is 14.3 Å². The molecule has 5 N–H and O–H groups in total. The van der Waals surface area contributed by atoms with Crippen molar-refractivity contribution in [2.45, 2.75) is 24.4 Å². The molecular weight excluding hydrogens is 198 g/mol. The van der Waals surface area contributed by atoms with Crippen molar-refractivity contribution in [3.63, 3.8) is 0 Å². The van der Waals surface area contributed by atoms with E-state index in [1.54, 1.807) is 0 Å². The third-order valence-corrected chi connectivity index (χ3v) is 3.06. The Hall–Kier alpha value is -1.14. The van der Waals surface area contributed by atoms with Crippen molar-refractivity contribution in [3.8, 4) is 0 Å². The van der Waals surface area contributed by atoms with Crippen molar-refractivity contribution in [1.82, 2.24) is 5.32 Å². The lowest BCUT2D eigenvalue weighted by molar-refractivity contribution is -0.126. The lowest BCUT2D eigenvalue weighted by Gasteiger charge is -2.37.